The molecule has 0 saturated carbocycles. The number of nitrogens with one attached hydrogen (secondary N) is 3. The van der Waals surface area contributed by atoms with E-state index in [1.54, 1.807) is 0 Å². The molecule has 3 rings (SSSR count). The van der Waals surface area contributed by atoms with Crippen molar-refractivity contribution in [2.75, 3.05) is 13.1 Å². The number of nitrogens with two attached hydrogens (primary N) is 1. The number of amides is 2. The van der Waals surface area contributed by atoms with E-state index in [9.17, 15) is 14.0 Å². The molecule has 2 aliphatic rings. The Kier molecular flexibility index (Phi) is 5.42. The number of piperidine rings is 1. The third-order valence-corrected chi connectivity index (χ3v) is 4.34. The van der Waals surface area contributed by atoms with Gasteiger partial charge in [-0.3, -0.25) is 9.59 Å². The lowest BCUT2D eigenvalue weighted by Gasteiger charge is -2.23. The summed E-state index contributed by atoms with van der Waals surface area (Å²) in [5.41, 5.74) is 1.46. The SMILES string of the molecule is O=C(NC1CCNCC1)C1=N[NH2+]C=C1NC(=O)c1c(F)cccc1Cl. The van der Waals surface area contributed by atoms with Crippen molar-refractivity contribution < 1.29 is 19.4 Å². The number of rotatable bonds is 4. The predicted octanol–water partition coefficient (Wildman–Crippen LogP) is -0.148. The van der Waals surface area contributed by atoms with E-state index in [4.69, 9.17) is 11.6 Å². The van der Waals surface area contributed by atoms with Crippen LogP contribution in [0.5, 0.6) is 0 Å². The zero-order valence-electron chi connectivity index (χ0n) is 13.3. The first kappa shape index (κ1) is 17.5. The molecule has 2 amide bonds. The number of carbonyl (C=O) groups is 2. The van der Waals surface area contributed by atoms with E-state index in [1.165, 1.54) is 23.8 Å². The average Bonchev–Trinajstić information content (AvgIpc) is 3.04. The smallest absolute Gasteiger partial charge is 0.278 e. The number of carbonyl (C=O) groups excluding carboxylic acids is 2. The van der Waals surface area contributed by atoms with Gasteiger partial charge in [0.05, 0.1) is 10.6 Å². The first-order chi connectivity index (χ1) is 12.1. The minimum atomic E-state index is -0.731. The van der Waals surface area contributed by atoms with Crippen molar-refractivity contribution in [3.05, 3.63) is 46.5 Å². The van der Waals surface area contributed by atoms with Crippen LogP contribution in [0, 0.1) is 5.82 Å². The van der Waals surface area contributed by atoms with E-state index in [2.05, 4.69) is 21.1 Å². The molecule has 132 valence electrons. The molecule has 1 aromatic rings. The molecular formula is C16H18ClFN5O2+. The van der Waals surface area contributed by atoms with Gasteiger partial charge in [0, 0.05) is 6.04 Å². The Balaban J connectivity index is 1.67. The lowest BCUT2D eigenvalue weighted by atomic mass is 10.1. The third kappa shape index (κ3) is 4.04. The van der Waals surface area contributed by atoms with E-state index in [0.29, 0.717) is 0 Å². The minimum Gasteiger partial charge on any atom is -0.348 e. The van der Waals surface area contributed by atoms with Gasteiger partial charge in [0.25, 0.3) is 11.8 Å². The second-order valence-electron chi connectivity index (χ2n) is 5.76. The fourth-order valence-corrected chi connectivity index (χ4v) is 2.99. The van der Waals surface area contributed by atoms with Gasteiger partial charge in [-0.25, -0.2) is 4.39 Å². The highest BCUT2D eigenvalue weighted by molar-refractivity contribution is 6.45. The van der Waals surface area contributed by atoms with Gasteiger partial charge in [0.1, 0.15) is 17.7 Å². The molecule has 1 fully saturated rings. The molecular weight excluding hydrogens is 349 g/mol. The van der Waals surface area contributed by atoms with Gasteiger partial charge in [-0.2, -0.15) is 5.43 Å². The summed E-state index contributed by atoms with van der Waals surface area (Å²) in [6, 6.07) is 4.05. The summed E-state index contributed by atoms with van der Waals surface area (Å²) in [5, 5.41) is 12.6. The monoisotopic (exact) mass is 366 g/mol. The van der Waals surface area contributed by atoms with Crippen LogP contribution in [0.2, 0.25) is 5.02 Å². The second-order valence-corrected chi connectivity index (χ2v) is 6.16. The van der Waals surface area contributed by atoms with E-state index in [1.807, 2.05) is 0 Å². The van der Waals surface area contributed by atoms with Crippen LogP contribution in [-0.2, 0) is 4.79 Å². The summed E-state index contributed by atoms with van der Waals surface area (Å²) in [5.74, 6) is -1.83. The Bertz CT molecular complexity index is 739. The topological polar surface area (TPSA) is 99.2 Å². The Morgan fingerprint density at radius 2 is 2.04 bits per heavy atom. The number of hydrogen-bond donors (Lipinski definition) is 4. The molecule has 0 unspecified atom stereocenters. The molecule has 2 aliphatic heterocycles. The lowest BCUT2D eigenvalue weighted by Crippen LogP contribution is -2.69. The summed E-state index contributed by atoms with van der Waals surface area (Å²) in [4.78, 5) is 24.7. The molecule has 2 heterocycles. The maximum atomic E-state index is 13.9. The van der Waals surface area contributed by atoms with Gasteiger partial charge < -0.3 is 16.0 Å². The van der Waals surface area contributed by atoms with Gasteiger partial charge in [-0.1, -0.05) is 22.8 Å². The number of hydrogen-bond acceptors (Lipinski definition) is 4. The molecule has 0 radical (unpaired) electrons. The Hall–Kier alpha value is -2.29. The van der Waals surface area contributed by atoms with E-state index < -0.39 is 11.7 Å². The van der Waals surface area contributed by atoms with Crippen LogP contribution < -0.4 is 21.4 Å². The van der Waals surface area contributed by atoms with Crippen molar-refractivity contribution in [3.8, 4) is 0 Å². The van der Waals surface area contributed by atoms with Crippen LogP contribution >= 0.6 is 11.6 Å². The van der Waals surface area contributed by atoms with Crippen LogP contribution in [0.3, 0.4) is 0 Å². The zero-order chi connectivity index (χ0) is 17.8. The number of halogens is 2. The molecule has 7 nitrogen and oxygen atoms in total. The fraction of sp³-hybridized carbons (Fsp3) is 0.312. The van der Waals surface area contributed by atoms with Gasteiger partial charge >= 0.3 is 0 Å². The molecule has 0 aromatic heterocycles. The standard InChI is InChI=1S/C16H17ClFN5O2/c17-10-2-1-3-11(18)13(10)15(24)22-12-8-20-23-14(12)16(25)21-9-4-6-19-7-5-9/h1-3,8-9,19H,4-7H2,(H,20,23)(H,21,25)(H,22,24)/p+1. The molecule has 0 atom stereocenters. The molecule has 1 aromatic carbocycles. The quantitative estimate of drug-likeness (QED) is 0.558. The van der Waals surface area contributed by atoms with Crippen LogP contribution in [-0.4, -0.2) is 36.7 Å². The van der Waals surface area contributed by atoms with E-state index in [0.717, 1.165) is 32.0 Å². The minimum absolute atomic E-state index is 0.00211. The summed E-state index contributed by atoms with van der Waals surface area (Å²) in [6.45, 7) is 1.68. The second kappa shape index (κ2) is 7.73. The Morgan fingerprint density at radius 1 is 1.28 bits per heavy atom. The largest absolute Gasteiger partial charge is 0.348 e. The van der Waals surface area contributed by atoms with Crippen molar-refractivity contribution in [1.82, 2.24) is 16.0 Å². The molecule has 0 spiro atoms. The lowest BCUT2D eigenvalue weighted by molar-refractivity contribution is -0.590. The molecule has 0 bridgehead atoms. The Morgan fingerprint density at radius 3 is 2.76 bits per heavy atom. The maximum absolute atomic E-state index is 13.9. The van der Waals surface area contributed by atoms with Crippen LogP contribution in [0.1, 0.15) is 23.2 Å². The van der Waals surface area contributed by atoms with Crippen LogP contribution in [0.4, 0.5) is 4.39 Å². The van der Waals surface area contributed by atoms with E-state index in [-0.39, 0.29) is 33.9 Å². The first-order valence-electron chi connectivity index (χ1n) is 7.95. The fourth-order valence-electron chi connectivity index (χ4n) is 2.74. The number of quaternary nitrogens is 1. The number of benzene rings is 1. The van der Waals surface area contributed by atoms with Gasteiger partial charge in [-0.15, -0.1) is 0 Å². The van der Waals surface area contributed by atoms with Crippen molar-refractivity contribution in [2.24, 2.45) is 5.10 Å². The maximum Gasteiger partial charge on any atom is 0.278 e. The Labute approximate surface area is 148 Å². The molecule has 1 saturated heterocycles. The van der Waals surface area contributed by atoms with Gasteiger partial charge in [0.2, 0.25) is 5.71 Å². The zero-order valence-corrected chi connectivity index (χ0v) is 14.1. The normalized spacial score (nSPS) is 17.7. The van der Waals surface area contributed by atoms with Crippen molar-refractivity contribution in [1.29, 1.82) is 0 Å². The third-order valence-electron chi connectivity index (χ3n) is 4.03. The molecule has 5 N–H and O–H groups in total. The summed E-state index contributed by atoms with van der Waals surface area (Å²) >= 11 is 5.89. The highest BCUT2D eigenvalue weighted by Gasteiger charge is 2.29. The van der Waals surface area contributed by atoms with Crippen LogP contribution in [0.15, 0.2) is 35.2 Å². The predicted molar refractivity (Wildman–Crippen MR) is 90.4 cm³/mol. The van der Waals surface area contributed by atoms with Gasteiger partial charge in [0.15, 0.2) is 0 Å². The summed E-state index contributed by atoms with van der Waals surface area (Å²) < 4.78 is 13.9. The molecule has 0 aliphatic carbocycles. The van der Waals surface area contributed by atoms with Crippen molar-refractivity contribution in [3.63, 3.8) is 0 Å². The summed E-state index contributed by atoms with van der Waals surface area (Å²) in [7, 11) is 0. The van der Waals surface area contributed by atoms with Crippen molar-refractivity contribution in [2.45, 2.75) is 18.9 Å². The first-order valence-corrected chi connectivity index (χ1v) is 8.32. The molecule has 25 heavy (non-hydrogen) atoms. The highest BCUT2D eigenvalue weighted by atomic mass is 35.5. The average molecular weight is 367 g/mol. The molecule has 9 heteroatoms. The van der Waals surface area contributed by atoms with Crippen molar-refractivity contribution >= 4 is 29.1 Å². The van der Waals surface area contributed by atoms with Gasteiger partial charge in [-0.05, 0) is 38.1 Å². The van der Waals surface area contributed by atoms with E-state index >= 15 is 0 Å². The highest BCUT2D eigenvalue weighted by Crippen LogP contribution is 2.19. The summed E-state index contributed by atoms with van der Waals surface area (Å²) in [6.07, 6.45) is 3.15. The number of nitrogens with zero attached hydrogens (tertiary/aromatic N) is 1. The van der Waals surface area contributed by atoms with Crippen LogP contribution in [0.25, 0.3) is 0 Å².